The minimum Gasteiger partial charge on any atom is -0.486 e. The minimum absolute atomic E-state index is 0.155. The molecule has 6 rings (SSSR count). The van der Waals surface area contributed by atoms with E-state index in [0.29, 0.717) is 0 Å². The molecule has 1 fully saturated rings. The zero-order chi connectivity index (χ0) is 23.1. The lowest BCUT2D eigenvalue weighted by molar-refractivity contribution is 0.164. The topological polar surface area (TPSA) is 70.5 Å². The van der Waals surface area contributed by atoms with Crippen LogP contribution in [0.2, 0.25) is 0 Å². The van der Waals surface area contributed by atoms with Crippen LogP contribution in [0.1, 0.15) is 34.9 Å². The third-order valence-electron chi connectivity index (χ3n) is 6.93. The first-order valence-electron chi connectivity index (χ1n) is 12.0. The van der Waals surface area contributed by atoms with Crippen LogP contribution < -0.4 is 14.5 Å². The molecule has 34 heavy (non-hydrogen) atoms. The number of thiol groups is 1. The molecule has 0 atom stereocenters. The number of fused-ring (bicyclic) bond motifs is 2. The Kier molecular flexibility index (Phi) is 5.74. The molecule has 0 spiro atoms. The Morgan fingerprint density at radius 2 is 1.76 bits per heavy atom. The molecule has 0 aliphatic carbocycles. The highest BCUT2D eigenvalue weighted by molar-refractivity contribution is 7.77. The molecule has 3 aliphatic rings. The van der Waals surface area contributed by atoms with E-state index in [1.165, 1.54) is 16.7 Å². The lowest BCUT2D eigenvalue weighted by atomic mass is 9.98. The maximum absolute atomic E-state index is 6.43. The predicted molar refractivity (Wildman–Crippen MR) is 134 cm³/mol. The summed E-state index contributed by atoms with van der Waals surface area (Å²) in [4.78, 5) is 23.0. The van der Waals surface area contributed by atoms with Gasteiger partial charge < -0.3 is 14.5 Å². The van der Waals surface area contributed by atoms with E-state index < -0.39 is 0 Å². The summed E-state index contributed by atoms with van der Waals surface area (Å²) in [5.74, 6) is 2.62. The first kappa shape index (κ1) is 21.6. The Hall–Kier alpha value is -2.91. The van der Waals surface area contributed by atoms with Crippen LogP contribution >= 0.6 is 12.8 Å². The summed E-state index contributed by atoms with van der Waals surface area (Å²) in [5.41, 5.74) is 6.09. The van der Waals surface area contributed by atoms with Gasteiger partial charge in [-0.1, -0.05) is 31.9 Å². The van der Waals surface area contributed by atoms with Gasteiger partial charge in [0.15, 0.2) is 0 Å². The highest BCUT2D eigenvalue weighted by atomic mass is 32.1. The van der Waals surface area contributed by atoms with Crippen LogP contribution in [-0.2, 0) is 32.4 Å². The third kappa shape index (κ3) is 4.18. The molecule has 0 bridgehead atoms. The monoisotopic (exact) mass is 475 g/mol. The lowest BCUT2D eigenvalue weighted by Gasteiger charge is -2.40. The third-order valence-corrected chi connectivity index (χ3v) is 7.27. The van der Waals surface area contributed by atoms with Gasteiger partial charge in [-0.05, 0) is 30.0 Å². The van der Waals surface area contributed by atoms with Gasteiger partial charge in [0, 0.05) is 62.3 Å². The normalized spacial score (nSPS) is 18.3. The number of benzene rings is 1. The Morgan fingerprint density at radius 3 is 2.59 bits per heavy atom. The van der Waals surface area contributed by atoms with Crippen molar-refractivity contribution in [3.63, 3.8) is 0 Å². The van der Waals surface area contributed by atoms with Gasteiger partial charge in [-0.3, -0.25) is 0 Å². The summed E-state index contributed by atoms with van der Waals surface area (Å²) in [7, 11) is 0. The van der Waals surface area contributed by atoms with Gasteiger partial charge in [0.25, 0.3) is 0 Å². The second-order valence-electron chi connectivity index (χ2n) is 9.24. The maximum atomic E-state index is 6.43. The number of hydrogen-bond donors (Lipinski definition) is 1. The van der Waals surface area contributed by atoms with Crippen molar-refractivity contribution in [3.05, 3.63) is 64.7 Å². The summed E-state index contributed by atoms with van der Waals surface area (Å²) < 4.78 is 8.44. The van der Waals surface area contributed by atoms with Crippen LogP contribution in [0.25, 0.3) is 0 Å². The average Bonchev–Trinajstić information content (AvgIpc) is 2.85. The van der Waals surface area contributed by atoms with Crippen molar-refractivity contribution >= 4 is 24.7 Å². The molecule has 3 aromatic rings. The van der Waals surface area contributed by atoms with Crippen molar-refractivity contribution < 1.29 is 4.74 Å². The first-order valence-corrected chi connectivity index (χ1v) is 12.4. The zero-order valence-electron chi connectivity index (χ0n) is 19.4. The number of rotatable bonds is 5. The van der Waals surface area contributed by atoms with Gasteiger partial charge in [-0.25, -0.2) is 24.2 Å². The zero-order valence-corrected chi connectivity index (χ0v) is 20.3. The van der Waals surface area contributed by atoms with E-state index in [0.717, 1.165) is 87.4 Å². The molecule has 0 amide bonds. The van der Waals surface area contributed by atoms with E-state index in [9.17, 15) is 0 Å². The average molecular weight is 476 g/mol. The van der Waals surface area contributed by atoms with E-state index in [1.807, 2.05) is 22.9 Å². The van der Waals surface area contributed by atoms with Crippen molar-refractivity contribution in [2.24, 2.45) is 0 Å². The smallest absolute Gasteiger partial charge is 0.225 e. The predicted octanol–water partition coefficient (Wildman–Crippen LogP) is 2.86. The molecule has 9 heteroatoms. The summed E-state index contributed by atoms with van der Waals surface area (Å²) in [6.07, 6.45) is 8.77. The largest absolute Gasteiger partial charge is 0.486 e. The molecule has 8 nitrogen and oxygen atoms in total. The number of anilines is 2. The van der Waals surface area contributed by atoms with Crippen molar-refractivity contribution in [1.82, 2.24) is 24.2 Å². The van der Waals surface area contributed by atoms with Crippen LogP contribution in [0.4, 0.5) is 11.9 Å². The lowest BCUT2D eigenvalue weighted by Crippen LogP contribution is -2.54. The van der Waals surface area contributed by atoms with Gasteiger partial charge in [-0.2, -0.15) is 0 Å². The molecule has 2 aromatic heterocycles. The molecule has 176 valence electrons. The summed E-state index contributed by atoms with van der Waals surface area (Å²) in [6, 6.07) is 6.38. The molecule has 0 N–H and O–H groups in total. The van der Waals surface area contributed by atoms with E-state index in [-0.39, 0.29) is 6.10 Å². The number of aromatic nitrogens is 4. The van der Waals surface area contributed by atoms with Gasteiger partial charge in [0.05, 0.1) is 18.8 Å². The Morgan fingerprint density at radius 1 is 0.941 bits per heavy atom. The van der Waals surface area contributed by atoms with Crippen molar-refractivity contribution in [3.8, 4) is 5.75 Å². The molecule has 0 saturated carbocycles. The molecule has 3 aliphatic heterocycles. The van der Waals surface area contributed by atoms with Gasteiger partial charge in [0.2, 0.25) is 11.9 Å². The van der Waals surface area contributed by atoms with Crippen molar-refractivity contribution in [2.75, 3.05) is 36.0 Å². The van der Waals surface area contributed by atoms with Crippen molar-refractivity contribution in [2.45, 2.75) is 45.4 Å². The van der Waals surface area contributed by atoms with Crippen LogP contribution in [0.15, 0.2) is 36.8 Å². The van der Waals surface area contributed by atoms with Crippen LogP contribution in [-0.4, -0.2) is 56.5 Å². The standard InChI is InChI=1S/C25H29N7OS/c1-2-17-10-26-24(27-11-17)30-8-6-21-18(13-30)4-3-5-23(21)33-20-15-31(16-20)25-28-12-19-14-32(34)9-7-22(19)29-25/h3-5,10-12,20,34H,2,6-9,13-16H2,1H3. The number of hydrogen-bond acceptors (Lipinski definition) is 9. The minimum atomic E-state index is 0.155. The molecule has 1 saturated heterocycles. The van der Waals surface area contributed by atoms with E-state index in [4.69, 9.17) is 9.72 Å². The number of ether oxygens (including phenoxy) is 1. The SMILES string of the molecule is CCc1cnc(N2CCc3c(cccc3OC3CN(c4ncc5c(n4)CCN(S)C5)C3)C2)nc1. The van der Waals surface area contributed by atoms with Gasteiger partial charge >= 0.3 is 0 Å². The van der Waals surface area contributed by atoms with Crippen LogP contribution in [0.5, 0.6) is 5.75 Å². The quantitative estimate of drug-likeness (QED) is 0.565. The molecule has 5 heterocycles. The number of nitrogens with zero attached hydrogens (tertiary/aromatic N) is 7. The Balaban J connectivity index is 1.09. The summed E-state index contributed by atoms with van der Waals surface area (Å²) >= 11 is 4.45. The fourth-order valence-corrected chi connectivity index (χ4v) is 5.10. The fraction of sp³-hybridized carbons (Fsp3) is 0.440. The molecular formula is C25H29N7OS. The Bertz CT molecular complexity index is 1180. The summed E-state index contributed by atoms with van der Waals surface area (Å²) in [6.45, 7) is 7.16. The molecule has 0 unspecified atom stereocenters. The first-order chi connectivity index (χ1) is 16.7. The highest BCUT2D eigenvalue weighted by Gasteiger charge is 2.32. The summed E-state index contributed by atoms with van der Waals surface area (Å²) in [5, 5.41) is 0. The van der Waals surface area contributed by atoms with Gasteiger partial charge in [0.1, 0.15) is 11.9 Å². The fourth-order valence-electron chi connectivity index (χ4n) is 4.85. The maximum Gasteiger partial charge on any atom is 0.225 e. The van der Waals surface area contributed by atoms with Crippen LogP contribution in [0.3, 0.4) is 0 Å². The van der Waals surface area contributed by atoms with E-state index >= 15 is 0 Å². The molecular weight excluding hydrogens is 446 g/mol. The van der Waals surface area contributed by atoms with Crippen LogP contribution in [0, 0.1) is 0 Å². The van der Waals surface area contributed by atoms with Crippen molar-refractivity contribution in [1.29, 1.82) is 0 Å². The van der Waals surface area contributed by atoms with Gasteiger partial charge in [-0.15, -0.1) is 0 Å². The number of aryl methyl sites for hydroxylation is 1. The second-order valence-corrected chi connectivity index (χ2v) is 9.80. The second kappa shape index (κ2) is 9.03. The van der Waals surface area contributed by atoms with E-state index in [1.54, 1.807) is 0 Å². The molecule has 0 radical (unpaired) electrons. The van der Waals surface area contributed by atoms with E-state index in [2.05, 4.69) is 62.7 Å². The molecule has 1 aromatic carbocycles. The highest BCUT2D eigenvalue weighted by Crippen LogP contribution is 2.32. The Labute approximate surface area is 205 Å².